The summed E-state index contributed by atoms with van der Waals surface area (Å²) in [5.74, 6) is 0.921. The average molecular weight is 495 g/mol. The van der Waals surface area contributed by atoms with Gasteiger partial charge in [0.25, 0.3) is 0 Å². The number of aryl methyl sites for hydroxylation is 1. The molecule has 2 fully saturated rings. The van der Waals surface area contributed by atoms with Crippen molar-refractivity contribution in [3.63, 3.8) is 0 Å². The van der Waals surface area contributed by atoms with E-state index in [2.05, 4.69) is 94.6 Å². The van der Waals surface area contributed by atoms with Crippen molar-refractivity contribution in [2.24, 2.45) is 0 Å². The number of aromatic nitrogens is 2. The fourth-order valence-corrected chi connectivity index (χ4v) is 5.81. The van der Waals surface area contributed by atoms with E-state index in [1.54, 1.807) is 0 Å². The number of nitrogens with one attached hydrogen (secondary N) is 1. The topological polar surface area (TPSA) is 42.3 Å². The number of thiocarbonyl (C=S) groups is 1. The number of rotatable bonds is 6. The Morgan fingerprint density at radius 1 is 0.917 bits per heavy atom. The minimum atomic E-state index is -0.0911. The maximum absolute atomic E-state index is 6.22. The van der Waals surface area contributed by atoms with Gasteiger partial charge in [-0.05, 0) is 111 Å². The molecule has 6 rings (SSSR count). The van der Waals surface area contributed by atoms with E-state index in [0.29, 0.717) is 11.2 Å². The first-order chi connectivity index (χ1) is 17.7. The van der Waals surface area contributed by atoms with Gasteiger partial charge in [-0.15, -0.1) is 0 Å². The molecule has 3 heterocycles. The average Bonchev–Trinajstić information content (AvgIpc) is 3.65. The molecule has 2 aromatic heterocycles. The molecule has 182 valence electrons. The van der Waals surface area contributed by atoms with Crippen molar-refractivity contribution in [3.8, 4) is 11.4 Å². The van der Waals surface area contributed by atoms with Crippen LogP contribution in [0.3, 0.4) is 0 Å². The molecule has 5 nitrogen and oxygen atoms in total. The van der Waals surface area contributed by atoms with Crippen molar-refractivity contribution in [2.45, 2.75) is 50.8 Å². The zero-order chi connectivity index (χ0) is 24.5. The molecule has 1 saturated carbocycles. The second-order valence-electron chi connectivity index (χ2n) is 9.66. The molecule has 1 saturated heterocycles. The number of hydrogen-bond acceptors (Lipinski definition) is 3. The van der Waals surface area contributed by atoms with Gasteiger partial charge in [-0.25, -0.2) is 0 Å². The number of ether oxygens (including phenoxy) is 1. The maximum Gasteiger partial charge on any atom is 0.174 e. The Kier molecular flexibility index (Phi) is 6.20. The molecular weight excluding hydrogens is 464 g/mol. The lowest BCUT2D eigenvalue weighted by molar-refractivity contribution is 0.210. The van der Waals surface area contributed by atoms with E-state index < -0.39 is 0 Å². The van der Waals surface area contributed by atoms with E-state index in [-0.39, 0.29) is 12.1 Å². The molecule has 0 spiro atoms. The van der Waals surface area contributed by atoms with Crippen LogP contribution in [0.2, 0.25) is 0 Å². The summed E-state index contributed by atoms with van der Waals surface area (Å²) in [5, 5.41) is 4.26. The minimum absolute atomic E-state index is 0.0792. The van der Waals surface area contributed by atoms with Crippen LogP contribution in [0.5, 0.6) is 5.75 Å². The SMILES string of the molecule is Cc1cccc(-n2cccc2[C@H]2[C@@H](c3ccccn3)NC(=S)N2c2ccc(OC3CCCC3)cc2)c1. The summed E-state index contributed by atoms with van der Waals surface area (Å²) in [6.07, 6.45) is 9.11. The van der Waals surface area contributed by atoms with E-state index in [4.69, 9.17) is 21.9 Å². The normalized spacial score (nSPS) is 20.0. The Morgan fingerprint density at radius 2 is 1.75 bits per heavy atom. The summed E-state index contributed by atoms with van der Waals surface area (Å²) in [7, 11) is 0. The van der Waals surface area contributed by atoms with Gasteiger partial charge in [-0.1, -0.05) is 18.2 Å². The molecule has 0 radical (unpaired) electrons. The summed E-state index contributed by atoms with van der Waals surface area (Å²) in [6.45, 7) is 2.12. The number of hydrogen-bond donors (Lipinski definition) is 1. The summed E-state index contributed by atoms with van der Waals surface area (Å²) < 4.78 is 8.47. The van der Waals surface area contributed by atoms with Crippen LogP contribution < -0.4 is 15.0 Å². The molecule has 0 bridgehead atoms. The first-order valence-electron chi connectivity index (χ1n) is 12.7. The Hall–Kier alpha value is -3.64. The summed E-state index contributed by atoms with van der Waals surface area (Å²) in [4.78, 5) is 6.91. The first-order valence-corrected chi connectivity index (χ1v) is 13.1. The second kappa shape index (κ2) is 9.78. The molecule has 2 aromatic carbocycles. The molecule has 6 heteroatoms. The monoisotopic (exact) mass is 494 g/mol. The van der Waals surface area contributed by atoms with E-state index in [1.807, 2.05) is 18.3 Å². The van der Waals surface area contributed by atoms with Crippen LogP contribution in [0.4, 0.5) is 5.69 Å². The molecule has 1 aliphatic heterocycles. The van der Waals surface area contributed by atoms with Crippen LogP contribution in [0, 0.1) is 6.92 Å². The lowest BCUT2D eigenvalue weighted by Crippen LogP contribution is -2.30. The van der Waals surface area contributed by atoms with Gasteiger partial charge in [-0.2, -0.15) is 0 Å². The smallest absolute Gasteiger partial charge is 0.174 e. The molecule has 4 aromatic rings. The largest absolute Gasteiger partial charge is 0.490 e. The quantitative estimate of drug-likeness (QED) is 0.303. The number of benzene rings is 2. The zero-order valence-corrected chi connectivity index (χ0v) is 21.2. The highest BCUT2D eigenvalue weighted by atomic mass is 32.1. The first kappa shape index (κ1) is 22.8. The Morgan fingerprint density at radius 3 is 2.50 bits per heavy atom. The van der Waals surface area contributed by atoms with Gasteiger partial charge in [0, 0.05) is 29.5 Å². The van der Waals surface area contributed by atoms with Crippen molar-refractivity contribution in [1.29, 1.82) is 0 Å². The third-order valence-corrected chi connectivity index (χ3v) is 7.50. The molecule has 1 aliphatic carbocycles. The van der Waals surface area contributed by atoms with Crippen molar-refractivity contribution in [3.05, 3.63) is 108 Å². The highest BCUT2D eigenvalue weighted by Gasteiger charge is 2.42. The van der Waals surface area contributed by atoms with Gasteiger partial charge in [0.2, 0.25) is 0 Å². The van der Waals surface area contributed by atoms with Gasteiger partial charge < -0.3 is 19.5 Å². The highest BCUT2D eigenvalue weighted by Crippen LogP contribution is 2.42. The van der Waals surface area contributed by atoms with Crippen LogP contribution in [0.15, 0.2) is 91.3 Å². The molecule has 0 amide bonds. The lowest BCUT2D eigenvalue weighted by Gasteiger charge is -2.29. The molecule has 1 N–H and O–H groups in total. The van der Waals surface area contributed by atoms with Crippen molar-refractivity contribution >= 4 is 23.0 Å². The van der Waals surface area contributed by atoms with Gasteiger partial charge in [-0.3, -0.25) is 4.98 Å². The predicted molar refractivity (Wildman–Crippen MR) is 148 cm³/mol. The van der Waals surface area contributed by atoms with Gasteiger partial charge in [0.1, 0.15) is 11.8 Å². The van der Waals surface area contributed by atoms with Crippen molar-refractivity contribution in [1.82, 2.24) is 14.9 Å². The number of pyridine rings is 1. The third kappa shape index (κ3) is 4.37. The van der Waals surface area contributed by atoms with Crippen molar-refractivity contribution < 1.29 is 4.74 Å². The number of anilines is 1. The summed E-state index contributed by atoms with van der Waals surface area (Å²) >= 11 is 5.93. The highest BCUT2D eigenvalue weighted by molar-refractivity contribution is 7.80. The maximum atomic E-state index is 6.22. The lowest BCUT2D eigenvalue weighted by atomic mass is 10.0. The number of nitrogens with zero attached hydrogens (tertiary/aromatic N) is 3. The van der Waals surface area contributed by atoms with E-state index in [9.17, 15) is 0 Å². The van der Waals surface area contributed by atoms with Gasteiger partial charge in [0.15, 0.2) is 5.11 Å². The molecule has 2 atom stereocenters. The fourth-order valence-electron chi connectivity index (χ4n) is 5.47. The van der Waals surface area contributed by atoms with E-state index >= 15 is 0 Å². The van der Waals surface area contributed by atoms with E-state index in [1.165, 1.54) is 18.4 Å². The van der Waals surface area contributed by atoms with Crippen LogP contribution in [0.25, 0.3) is 5.69 Å². The van der Waals surface area contributed by atoms with Crippen molar-refractivity contribution in [2.75, 3.05) is 4.90 Å². The van der Waals surface area contributed by atoms with Crippen LogP contribution >= 0.6 is 12.2 Å². The summed E-state index contributed by atoms with van der Waals surface area (Å²) in [5.41, 5.74) is 5.50. The van der Waals surface area contributed by atoms with Gasteiger partial charge in [0.05, 0.1) is 17.8 Å². The molecular formula is C30H30N4OS. The van der Waals surface area contributed by atoms with Crippen LogP contribution in [0.1, 0.15) is 54.7 Å². The Labute approximate surface area is 217 Å². The van der Waals surface area contributed by atoms with Crippen LogP contribution in [-0.4, -0.2) is 20.8 Å². The zero-order valence-electron chi connectivity index (χ0n) is 20.4. The Bertz CT molecular complexity index is 1340. The minimum Gasteiger partial charge on any atom is -0.490 e. The fraction of sp³-hybridized carbons (Fsp3) is 0.267. The van der Waals surface area contributed by atoms with Crippen LogP contribution in [-0.2, 0) is 0 Å². The molecule has 36 heavy (non-hydrogen) atoms. The second-order valence-corrected chi connectivity index (χ2v) is 10.0. The molecule has 2 aliphatic rings. The van der Waals surface area contributed by atoms with Gasteiger partial charge >= 0.3 is 0 Å². The third-order valence-electron chi connectivity index (χ3n) is 7.18. The summed E-state index contributed by atoms with van der Waals surface area (Å²) in [6, 6.07) is 27.1. The molecule has 0 unspecified atom stereocenters. The predicted octanol–water partition coefficient (Wildman–Crippen LogP) is 6.68. The standard InChI is InChI=1S/C30H30N4OS/c1-21-8-6-9-23(20-21)33-19-7-13-27(33)29-28(26-12-4-5-18-31-26)32-30(36)34(29)22-14-16-25(17-15-22)35-24-10-2-3-11-24/h4-9,12-20,24,28-29H,2-3,10-11H2,1H3,(H,32,36)/t28-,29+/m1/s1. The van der Waals surface area contributed by atoms with E-state index in [0.717, 1.165) is 41.4 Å². The Balaban J connectivity index is 1.40.